The summed E-state index contributed by atoms with van der Waals surface area (Å²) in [6, 6.07) is 11.9. The van der Waals surface area contributed by atoms with Crippen LogP contribution in [0.5, 0.6) is 0 Å². The molecule has 1 amide bonds. The Hall–Kier alpha value is -4.60. The SMILES string of the molecule is O=C1C2=CC(Cc3ccc(-n4ccnn4)cc3F)c3c(F)ccc(F)c3C2=NN1c1ccccc1F. The summed E-state index contributed by atoms with van der Waals surface area (Å²) in [6.45, 7) is 0. The molecule has 2 heterocycles. The third-order valence-corrected chi connectivity index (χ3v) is 6.24. The van der Waals surface area contributed by atoms with Crippen LogP contribution < -0.4 is 5.01 Å². The highest BCUT2D eigenvalue weighted by Gasteiger charge is 2.41. The number of benzene rings is 3. The summed E-state index contributed by atoms with van der Waals surface area (Å²) in [7, 11) is 0. The second kappa shape index (κ2) is 8.26. The summed E-state index contributed by atoms with van der Waals surface area (Å²) in [5.74, 6) is -4.33. The van der Waals surface area contributed by atoms with E-state index in [1.807, 2.05) is 0 Å². The zero-order valence-corrected chi connectivity index (χ0v) is 18.4. The second-order valence-corrected chi connectivity index (χ2v) is 8.35. The fraction of sp³-hybridized carbons (Fsp3) is 0.0769. The molecule has 1 aliphatic carbocycles. The third kappa shape index (κ3) is 3.41. The smallest absolute Gasteiger partial charge is 0.267 e. The summed E-state index contributed by atoms with van der Waals surface area (Å²) in [5.41, 5.74) is 0.231. The fourth-order valence-corrected chi connectivity index (χ4v) is 4.58. The van der Waals surface area contributed by atoms with Crippen LogP contribution in [-0.2, 0) is 11.2 Å². The molecule has 2 aliphatic rings. The molecule has 178 valence electrons. The van der Waals surface area contributed by atoms with Crippen LogP contribution in [0.3, 0.4) is 0 Å². The summed E-state index contributed by atoms with van der Waals surface area (Å²) in [6.07, 6.45) is 4.40. The monoisotopic (exact) mass is 489 g/mol. The van der Waals surface area contributed by atoms with Crippen LogP contribution in [0.4, 0.5) is 23.2 Å². The highest BCUT2D eigenvalue weighted by atomic mass is 19.1. The molecule has 0 spiro atoms. The van der Waals surface area contributed by atoms with Crippen molar-refractivity contribution in [1.29, 1.82) is 0 Å². The fourth-order valence-electron chi connectivity index (χ4n) is 4.58. The van der Waals surface area contributed by atoms with E-state index in [2.05, 4.69) is 15.4 Å². The minimum atomic E-state index is -0.874. The van der Waals surface area contributed by atoms with E-state index in [9.17, 15) is 9.18 Å². The maximum Gasteiger partial charge on any atom is 0.280 e. The summed E-state index contributed by atoms with van der Waals surface area (Å²) in [4.78, 5) is 13.2. The van der Waals surface area contributed by atoms with E-state index < -0.39 is 35.1 Å². The summed E-state index contributed by atoms with van der Waals surface area (Å²) < 4.78 is 61.0. The predicted molar refractivity (Wildman–Crippen MR) is 123 cm³/mol. The second-order valence-electron chi connectivity index (χ2n) is 8.35. The molecule has 36 heavy (non-hydrogen) atoms. The highest BCUT2D eigenvalue weighted by molar-refractivity contribution is 6.36. The molecule has 4 aromatic rings. The standard InChI is InChI=1S/C26H15F4N5O/c27-18-3-1-2-4-22(18)35-26(36)17-12-15(23-19(28)7-8-20(29)24(23)25(17)32-35)11-14-5-6-16(13-21(14)30)34-10-9-31-33-34/h1-10,12-13,15H,11H2. The molecule has 1 aromatic heterocycles. The molecule has 3 aromatic carbocycles. The number of hydrazone groups is 1. The molecule has 6 nitrogen and oxygen atoms in total. The number of carbonyl (C=O) groups is 1. The first-order valence-electron chi connectivity index (χ1n) is 11.0. The number of hydrogen-bond donors (Lipinski definition) is 0. The lowest BCUT2D eigenvalue weighted by Crippen LogP contribution is -2.25. The zero-order valence-electron chi connectivity index (χ0n) is 18.4. The van der Waals surface area contributed by atoms with Gasteiger partial charge in [0.25, 0.3) is 5.91 Å². The van der Waals surface area contributed by atoms with E-state index in [0.29, 0.717) is 5.69 Å². The summed E-state index contributed by atoms with van der Waals surface area (Å²) >= 11 is 0. The molecule has 1 aliphatic heterocycles. The molecule has 0 radical (unpaired) electrons. The van der Waals surface area contributed by atoms with E-state index in [1.54, 1.807) is 12.3 Å². The maximum atomic E-state index is 15.1. The quantitative estimate of drug-likeness (QED) is 0.386. The van der Waals surface area contributed by atoms with Crippen LogP contribution in [0.15, 0.2) is 83.7 Å². The number of amides is 1. The lowest BCUT2D eigenvalue weighted by molar-refractivity contribution is -0.114. The minimum Gasteiger partial charge on any atom is -0.267 e. The Morgan fingerprint density at radius 1 is 0.889 bits per heavy atom. The molecule has 1 atom stereocenters. The van der Waals surface area contributed by atoms with Crippen molar-refractivity contribution in [3.8, 4) is 5.69 Å². The number of anilines is 1. The van der Waals surface area contributed by atoms with Gasteiger partial charge in [-0.1, -0.05) is 29.5 Å². The molecule has 0 N–H and O–H groups in total. The summed E-state index contributed by atoms with van der Waals surface area (Å²) in [5, 5.41) is 12.5. The average Bonchev–Trinajstić information content (AvgIpc) is 3.52. The number of nitrogens with zero attached hydrogens (tertiary/aromatic N) is 5. The Kier molecular flexibility index (Phi) is 5.03. The molecule has 0 saturated carbocycles. The Labute approximate surface area is 201 Å². The van der Waals surface area contributed by atoms with E-state index >= 15 is 13.2 Å². The molecule has 1 unspecified atom stereocenters. The van der Waals surface area contributed by atoms with Crippen molar-refractivity contribution >= 4 is 17.3 Å². The van der Waals surface area contributed by atoms with Crippen molar-refractivity contribution in [1.82, 2.24) is 15.0 Å². The van der Waals surface area contributed by atoms with E-state index in [0.717, 1.165) is 17.1 Å². The Morgan fingerprint density at radius 3 is 2.44 bits per heavy atom. The Morgan fingerprint density at radius 2 is 1.69 bits per heavy atom. The van der Waals surface area contributed by atoms with Gasteiger partial charge in [-0.05, 0) is 48.4 Å². The van der Waals surface area contributed by atoms with Gasteiger partial charge in [0.1, 0.15) is 34.7 Å². The van der Waals surface area contributed by atoms with Crippen LogP contribution in [0.2, 0.25) is 0 Å². The van der Waals surface area contributed by atoms with Crippen LogP contribution in [0.1, 0.15) is 22.6 Å². The number of rotatable bonds is 4. The van der Waals surface area contributed by atoms with Gasteiger partial charge < -0.3 is 0 Å². The normalized spacial score (nSPS) is 16.5. The van der Waals surface area contributed by atoms with Gasteiger partial charge in [-0.3, -0.25) is 4.79 Å². The van der Waals surface area contributed by atoms with Crippen molar-refractivity contribution in [2.24, 2.45) is 5.10 Å². The van der Waals surface area contributed by atoms with Crippen molar-refractivity contribution in [3.05, 3.63) is 119 Å². The predicted octanol–water partition coefficient (Wildman–Crippen LogP) is 4.84. The van der Waals surface area contributed by atoms with Gasteiger partial charge in [-0.2, -0.15) is 10.1 Å². The van der Waals surface area contributed by atoms with Gasteiger partial charge in [0, 0.05) is 17.0 Å². The molecule has 0 saturated heterocycles. The average molecular weight is 489 g/mol. The van der Waals surface area contributed by atoms with Gasteiger partial charge >= 0.3 is 0 Å². The molecule has 0 fully saturated rings. The Balaban J connectivity index is 1.44. The van der Waals surface area contributed by atoms with Crippen molar-refractivity contribution in [2.75, 3.05) is 5.01 Å². The number of allylic oxidation sites excluding steroid dienone is 1. The van der Waals surface area contributed by atoms with Gasteiger partial charge in [0.2, 0.25) is 0 Å². The molecular formula is C26H15F4N5O. The number of halogens is 4. The first-order valence-corrected chi connectivity index (χ1v) is 11.0. The number of hydrogen-bond acceptors (Lipinski definition) is 4. The molecular weight excluding hydrogens is 474 g/mol. The van der Waals surface area contributed by atoms with Gasteiger partial charge in [0.15, 0.2) is 0 Å². The van der Waals surface area contributed by atoms with E-state index in [-0.39, 0.29) is 40.1 Å². The number of fused-ring (bicyclic) bond motifs is 3. The largest absolute Gasteiger partial charge is 0.280 e. The van der Waals surface area contributed by atoms with Crippen LogP contribution in [-0.4, -0.2) is 26.6 Å². The first-order chi connectivity index (χ1) is 17.4. The van der Waals surface area contributed by atoms with Crippen molar-refractivity contribution < 1.29 is 22.4 Å². The van der Waals surface area contributed by atoms with Crippen molar-refractivity contribution in [3.63, 3.8) is 0 Å². The van der Waals surface area contributed by atoms with Crippen molar-refractivity contribution in [2.45, 2.75) is 12.3 Å². The lowest BCUT2D eigenvalue weighted by atomic mass is 9.79. The number of aromatic nitrogens is 3. The molecule has 10 heteroatoms. The van der Waals surface area contributed by atoms with E-state index in [4.69, 9.17) is 0 Å². The minimum absolute atomic E-state index is 0.0000955. The number of para-hydroxylation sites is 1. The van der Waals surface area contributed by atoms with Gasteiger partial charge in [-0.25, -0.2) is 22.2 Å². The Bertz CT molecular complexity index is 1600. The van der Waals surface area contributed by atoms with E-state index in [1.165, 1.54) is 53.4 Å². The number of carbonyl (C=O) groups excluding carboxylic acids is 1. The van der Waals surface area contributed by atoms with Crippen LogP contribution >= 0.6 is 0 Å². The maximum absolute atomic E-state index is 15.1. The lowest BCUT2D eigenvalue weighted by Gasteiger charge is -2.24. The highest BCUT2D eigenvalue weighted by Crippen LogP contribution is 2.40. The molecule has 0 bridgehead atoms. The molecule has 6 rings (SSSR count). The van der Waals surface area contributed by atoms with Crippen LogP contribution in [0, 0.1) is 23.3 Å². The topological polar surface area (TPSA) is 63.4 Å². The van der Waals surface area contributed by atoms with Crippen LogP contribution in [0.25, 0.3) is 5.69 Å². The van der Waals surface area contributed by atoms with Gasteiger partial charge in [-0.15, -0.1) is 5.10 Å². The third-order valence-electron chi connectivity index (χ3n) is 6.24. The van der Waals surface area contributed by atoms with Gasteiger partial charge in [0.05, 0.1) is 23.7 Å². The zero-order chi connectivity index (χ0) is 25.0. The first kappa shape index (κ1) is 21.9.